The Kier molecular flexibility index (Phi) is 3.72. The molecule has 1 aromatic heterocycles. The van der Waals surface area contributed by atoms with Crippen LogP contribution in [0.1, 0.15) is 44.6 Å². The lowest BCUT2D eigenvalue weighted by molar-refractivity contribution is 0.496. The first-order valence-electron chi connectivity index (χ1n) is 6.56. The van der Waals surface area contributed by atoms with E-state index in [1.54, 1.807) is 0 Å². The van der Waals surface area contributed by atoms with Crippen molar-refractivity contribution in [2.45, 2.75) is 33.1 Å². The third-order valence-corrected chi connectivity index (χ3v) is 3.57. The van der Waals surface area contributed by atoms with Crippen molar-refractivity contribution in [2.75, 3.05) is 13.6 Å². The highest BCUT2D eigenvalue weighted by molar-refractivity contribution is 5.49. The van der Waals surface area contributed by atoms with Crippen molar-refractivity contribution >= 4 is 6.08 Å². The van der Waals surface area contributed by atoms with E-state index in [-0.39, 0.29) is 0 Å². The number of hydrogen-bond donors (Lipinski definition) is 1. The second kappa shape index (κ2) is 5.09. The molecule has 2 atom stereocenters. The molecule has 1 fully saturated rings. The van der Waals surface area contributed by atoms with Crippen LogP contribution >= 0.6 is 0 Å². The summed E-state index contributed by atoms with van der Waals surface area (Å²) in [6, 6.07) is 4.23. The van der Waals surface area contributed by atoms with Gasteiger partial charge in [-0.05, 0) is 43.5 Å². The lowest BCUT2D eigenvalue weighted by atomic mass is 10.0. The number of furan rings is 1. The number of rotatable bonds is 5. The Balaban J connectivity index is 2.10. The lowest BCUT2D eigenvalue weighted by Crippen LogP contribution is -2.13. The maximum Gasteiger partial charge on any atom is 0.127 e. The molecule has 0 amide bonds. The standard InChI is InChI=1S/C15H23NO/c1-10(2)12(9-16-4)8-13-5-6-15(17-13)14-7-11(14)3/h5-6,8,10-11,14,16H,7,9H2,1-4H3. The first-order valence-corrected chi connectivity index (χ1v) is 6.56. The summed E-state index contributed by atoms with van der Waals surface area (Å²) in [6.07, 6.45) is 3.46. The van der Waals surface area contributed by atoms with Crippen molar-refractivity contribution in [1.82, 2.24) is 5.32 Å². The van der Waals surface area contributed by atoms with E-state index in [2.05, 4.69) is 44.3 Å². The lowest BCUT2D eigenvalue weighted by Gasteiger charge is -2.09. The molecular formula is C15H23NO. The van der Waals surface area contributed by atoms with Crippen LogP contribution in [0.3, 0.4) is 0 Å². The Morgan fingerprint density at radius 3 is 2.76 bits per heavy atom. The van der Waals surface area contributed by atoms with Gasteiger partial charge < -0.3 is 9.73 Å². The Morgan fingerprint density at radius 1 is 1.53 bits per heavy atom. The van der Waals surface area contributed by atoms with Crippen molar-refractivity contribution in [1.29, 1.82) is 0 Å². The third kappa shape index (κ3) is 3.01. The minimum atomic E-state index is 0.552. The van der Waals surface area contributed by atoms with Crippen molar-refractivity contribution in [3.63, 3.8) is 0 Å². The molecule has 1 aliphatic rings. The van der Waals surface area contributed by atoms with E-state index < -0.39 is 0 Å². The van der Waals surface area contributed by atoms with Gasteiger partial charge in [-0.1, -0.05) is 26.3 Å². The predicted molar refractivity (Wildman–Crippen MR) is 72.0 cm³/mol. The molecule has 17 heavy (non-hydrogen) atoms. The quantitative estimate of drug-likeness (QED) is 0.839. The van der Waals surface area contributed by atoms with Crippen LogP contribution in [0.15, 0.2) is 22.1 Å². The SMILES string of the molecule is CNCC(=Cc1ccc(C2CC2C)o1)C(C)C. The average Bonchev–Trinajstić information content (AvgIpc) is 2.83. The Hall–Kier alpha value is -1.02. The molecule has 2 rings (SSSR count). The minimum absolute atomic E-state index is 0.552. The largest absolute Gasteiger partial charge is 0.461 e. The summed E-state index contributed by atoms with van der Waals surface area (Å²) < 4.78 is 5.90. The van der Waals surface area contributed by atoms with Gasteiger partial charge in [-0.15, -0.1) is 0 Å². The fourth-order valence-electron chi connectivity index (χ4n) is 2.17. The number of likely N-dealkylation sites (N-methyl/N-ethyl adjacent to an activating group) is 1. The molecule has 2 unspecified atom stereocenters. The molecular weight excluding hydrogens is 210 g/mol. The Morgan fingerprint density at radius 2 is 2.24 bits per heavy atom. The van der Waals surface area contributed by atoms with Gasteiger partial charge in [0.2, 0.25) is 0 Å². The zero-order valence-electron chi connectivity index (χ0n) is 11.3. The van der Waals surface area contributed by atoms with Crippen LogP contribution in [0.5, 0.6) is 0 Å². The van der Waals surface area contributed by atoms with Crippen LogP contribution in [0, 0.1) is 11.8 Å². The van der Waals surface area contributed by atoms with E-state index >= 15 is 0 Å². The summed E-state index contributed by atoms with van der Waals surface area (Å²) in [7, 11) is 1.98. The van der Waals surface area contributed by atoms with E-state index in [0.717, 1.165) is 24.0 Å². The molecule has 0 saturated heterocycles. The molecule has 1 N–H and O–H groups in total. The van der Waals surface area contributed by atoms with Gasteiger partial charge in [-0.3, -0.25) is 0 Å². The molecule has 0 aromatic carbocycles. The summed E-state index contributed by atoms with van der Waals surface area (Å²) in [6.45, 7) is 7.64. The maximum atomic E-state index is 5.90. The fourth-order valence-corrected chi connectivity index (χ4v) is 2.17. The van der Waals surface area contributed by atoms with Crippen LogP contribution in [0.4, 0.5) is 0 Å². The monoisotopic (exact) mass is 233 g/mol. The van der Waals surface area contributed by atoms with Gasteiger partial charge in [0.25, 0.3) is 0 Å². The second-order valence-electron chi connectivity index (χ2n) is 5.46. The van der Waals surface area contributed by atoms with E-state index in [0.29, 0.717) is 11.8 Å². The highest BCUT2D eigenvalue weighted by atomic mass is 16.3. The van der Waals surface area contributed by atoms with Gasteiger partial charge in [0, 0.05) is 12.5 Å². The first kappa shape index (κ1) is 12.4. The van der Waals surface area contributed by atoms with Gasteiger partial charge in [0.15, 0.2) is 0 Å². The zero-order valence-corrected chi connectivity index (χ0v) is 11.3. The summed E-state index contributed by atoms with van der Waals surface area (Å²) in [5, 5.41) is 3.21. The van der Waals surface area contributed by atoms with E-state index in [1.807, 2.05) is 7.05 Å². The van der Waals surface area contributed by atoms with Crippen LogP contribution in [0.25, 0.3) is 6.08 Å². The van der Waals surface area contributed by atoms with Crippen molar-refractivity contribution in [3.05, 3.63) is 29.2 Å². The molecule has 0 bridgehead atoms. The van der Waals surface area contributed by atoms with Crippen LogP contribution < -0.4 is 5.32 Å². The summed E-state index contributed by atoms with van der Waals surface area (Å²) in [5.41, 5.74) is 1.39. The van der Waals surface area contributed by atoms with Crippen molar-refractivity contribution in [2.24, 2.45) is 11.8 Å². The molecule has 0 radical (unpaired) electrons. The second-order valence-corrected chi connectivity index (χ2v) is 5.46. The smallest absolute Gasteiger partial charge is 0.127 e. The Bertz CT molecular complexity index is 403. The van der Waals surface area contributed by atoms with Gasteiger partial charge in [-0.2, -0.15) is 0 Å². The third-order valence-electron chi connectivity index (χ3n) is 3.57. The first-order chi connectivity index (χ1) is 8.11. The molecule has 94 valence electrons. The van der Waals surface area contributed by atoms with Crippen LogP contribution in [-0.2, 0) is 0 Å². The van der Waals surface area contributed by atoms with Gasteiger partial charge in [0.05, 0.1) is 0 Å². The van der Waals surface area contributed by atoms with E-state index in [1.165, 1.54) is 12.0 Å². The average molecular weight is 233 g/mol. The van der Waals surface area contributed by atoms with Crippen molar-refractivity contribution in [3.8, 4) is 0 Å². The highest BCUT2D eigenvalue weighted by Gasteiger charge is 2.36. The molecule has 1 aliphatic carbocycles. The minimum Gasteiger partial charge on any atom is -0.461 e. The summed E-state index contributed by atoms with van der Waals surface area (Å²) in [5.74, 6) is 4.19. The molecule has 1 heterocycles. The van der Waals surface area contributed by atoms with Crippen molar-refractivity contribution < 1.29 is 4.42 Å². The van der Waals surface area contributed by atoms with Gasteiger partial charge in [-0.25, -0.2) is 0 Å². The maximum absolute atomic E-state index is 5.90. The zero-order chi connectivity index (χ0) is 12.4. The van der Waals surface area contributed by atoms with Crippen LogP contribution in [-0.4, -0.2) is 13.6 Å². The molecule has 2 nitrogen and oxygen atoms in total. The van der Waals surface area contributed by atoms with Gasteiger partial charge >= 0.3 is 0 Å². The fraction of sp³-hybridized carbons (Fsp3) is 0.600. The topological polar surface area (TPSA) is 25.2 Å². The Labute approximate surface area is 104 Å². The van der Waals surface area contributed by atoms with E-state index in [4.69, 9.17) is 4.42 Å². The highest BCUT2D eigenvalue weighted by Crippen LogP contribution is 2.47. The summed E-state index contributed by atoms with van der Waals surface area (Å²) in [4.78, 5) is 0. The molecule has 1 aromatic rings. The molecule has 0 aliphatic heterocycles. The van der Waals surface area contributed by atoms with Gasteiger partial charge in [0.1, 0.15) is 11.5 Å². The molecule has 2 heteroatoms. The summed E-state index contributed by atoms with van der Waals surface area (Å²) >= 11 is 0. The normalized spacial score (nSPS) is 24.4. The molecule has 1 saturated carbocycles. The van der Waals surface area contributed by atoms with Crippen LogP contribution in [0.2, 0.25) is 0 Å². The molecule has 0 spiro atoms. The number of nitrogens with one attached hydrogen (secondary N) is 1. The predicted octanol–water partition coefficient (Wildman–Crippen LogP) is 3.66. The van der Waals surface area contributed by atoms with E-state index in [9.17, 15) is 0 Å². The number of hydrogen-bond acceptors (Lipinski definition) is 2.